The second kappa shape index (κ2) is 9.18. The standard InChI is InChI=1S/C20H32N4O/c1-17-8-14-23(15-9-17)16-12-22-20(25)24-13-4-2-3-5-19(24)18-6-10-21-11-7-18/h6-7,10-11,17,19H,2-5,8-9,12-16H2,1H3,(H,22,25). The molecule has 3 rings (SSSR count). The van der Waals surface area contributed by atoms with Gasteiger partial charge >= 0.3 is 6.03 Å². The first kappa shape index (κ1) is 18.2. The molecule has 5 heteroatoms. The van der Waals surface area contributed by atoms with E-state index in [2.05, 4.69) is 22.1 Å². The number of nitrogens with zero attached hydrogens (tertiary/aromatic N) is 3. The molecule has 2 aliphatic rings. The van der Waals surface area contributed by atoms with Crippen molar-refractivity contribution in [3.8, 4) is 0 Å². The van der Waals surface area contributed by atoms with Crippen molar-refractivity contribution < 1.29 is 4.79 Å². The van der Waals surface area contributed by atoms with Crippen LogP contribution in [0.25, 0.3) is 0 Å². The summed E-state index contributed by atoms with van der Waals surface area (Å²) >= 11 is 0. The Labute approximate surface area is 151 Å². The number of carbonyl (C=O) groups excluding carboxylic acids is 1. The maximum Gasteiger partial charge on any atom is 0.317 e. The van der Waals surface area contributed by atoms with Crippen LogP contribution in [0.3, 0.4) is 0 Å². The molecule has 3 heterocycles. The molecule has 25 heavy (non-hydrogen) atoms. The van der Waals surface area contributed by atoms with E-state index in [0.29, 0.717) is 0 Å². The molecule has 1 aromatic rings. The summed E-state index contributed by atoms with van der Waals surface area (Å²) < 4.78 is 0. The Morgan fingerprint density at radius 2 is 1.88 bits per heavy atom. The van der Waals surface area contributed by atoms with Crippen LogP contribution in [0.5, 0.6) is 0 Å². The number of aromatic nitrogens is 1. The molecular weight excluding hydrogens is 312 g/mol. The molecule has 1 aromatic heterocycles. The number of pyridine rings is 1. The van der Waals surface area contributed by atoms with Crippen LogP contribution < -0.4 is 5.32 Å². The molecule has 0 aliphatic carbocycles. The lowest BCUT2D eigenvalue weighted by Crippen LogP contribution is -2.45. The highest BCUT2D eigenvalue weighted by molar-refractivity contribution is 5.74. The quantitative estimate of drug-likeness (QED) is 0.910. The monoisotopic (exact) mass is 344 g/mol. The number of amides is 2. The van der Waals surface area contributed by atoms with E-state index in [1.807, 2.05) is 29.4 Å². The summed E-state index contributed by atoms with van der Waals surface area (Å²) in [6, 6.07) is 4.37. The van der Waals surface area contributed by atoms with Gasteiger partial charge in [-0.2, -0.15) is 0 Å². The highest BCUT2D eigenvalue weighted by atomic mass is 16.2. The summed E-state index contributed by atoms with van der Waals surface area (Å²) in [6.07, 6.45) is 10.7. The summed E-state index contributed by atoms with van der Waals surface area (Å²) in [5, 5.41) is 3.17. The molecule has 2 saturated heterocycles. The van der Waals surface area contributed by atoms with Gasteiger partial charge in [-0.3, -0.25) is 4.98 Å². The third-order valence-electron chi connectivity index (χ3n) is 5.69. The summed E-state index contributed by atoms with van der Waals surface area (Å²) in [5.41, 5.74) is 1.21. The SMILES string of the molecule is CC1CCN(CCNC(=O)N2CCCCCC2c2ccncc2)CC1. The van der Waals surface area contributed by atoms with Gasteiger partial charge in [0.1, 0.15) is 0 Å². The maximum atomic E-state index is 12.8. The molecule has 2 aliphatic heterocycles. The van der Waals surface area contributed by atoms with E-state index >= 15 is 0 Å². The average molecular weight is 345 g/mol. The van der Waals surface area contributed by atoms with Crippen molar-refractivity contribution in [1.29, 1.82) is 0 Å². The Morgan fingerprint density at radius 1 is 1.12 bits per heavy atom. The molecule has 0 radical (unpaired) electrons. The van der Waals surface area contributed by atoms with E-state index in [9.17, 15) is 4.79 Å². The number of hydrogen-bond acceptors (Lipinski definition) is 3. The number of nitrogens with one attached hydrogen (secondary N) is 1. The van der Waals surface area contributed by atoms with Gasteiger partial charge in [-0.15, -0.1) is 0 Å². The van der Waals surface area contributed by atoms with Gasteiger partial charge in [0.15, 0.2) is 0 Å². The summed E-state index contributed by atoms with van der Waals surface area (Å²) in [7, 11) is 0. The lowest BCUT2D eigenvalue weighted by molar-refractivity contribution is 0.167. The second-order valence-corrected chi connectivity index (χ2v) is 7.60. The molecule has 1 atom stereocenters. The van der Waals surface area contributed by atoms with Crippen LogP contribution >= 0.6 is 0 Å². The van der Waals surface area contributed by atoms with Crippen LogP contribution in [-0.2, 0) is 0 Å². The predicted molar refractivity (Wildman–Crippen MR) is 100 cm³/mol. The van der Waals surface area contributed by atoms with Crippen LogP contribution in [0.2, 0.25) is 0 Å². The minimum atomic E-state index is 0.0917. The molecule has 0 aromatic carbocycles. The predicted octanol–water partition coefficient (Wildman–Crippen LogP) is 3.44. The van der Waals surface area contributed by atoms with Gasteiger partial charge in [0.25, 0.3) is 0 Å². The third kappa shape index (κ3) is 5.18. The maximum absolute atomic E-state index is 12.8. The highest BCUT2D eigenvalue weighted by Gasteiger charge is 2.26. The molecule has 0 saturated carbocycles. The fraction of sp³-hybridized carbons (Fsp3) is 0.700. The zero-order chi connectivity index (χ0) is 17.5. The Bertz CT molecular complexity index is 528. The van der Waals surface area contributed by atoms with E-state index in [1.165, 1.54) is 44.3 Å². The zero-order valence-electron chi connectivity index (χ0n) is 15.5. The Balaban J connectivity index is 1.53. The van der Waals surface area contributed by atoms with Gasteiger partial charge in [-0.05, 0) is 62.4 Å². The Hall–Kier alpha value is -1.62. The number of piperidine rings is 1. The number of urea groups is 1. The van der Waals surface area contributed by atoms with Gasteiger partial charge in [0.05, 0.1) is 6.04 Å². The normalized spacial score (nSPS) is 23.2. The Morgan fingerprint density at radius 3 is 2.64 bits per heavy atom. The molecule has 138 valence electrons. The van der Waals surface area contributed by atoms with Gasteiger partial charge in [-0.1, -0.05) is 19.8 Å². The number of carbonyl (C=O) groups is 1. The van der Waals surface area contributed by atoms with Crippen molar-refractivity contribution >= 4 is 6.03 Å². The van der Waals surface area contributed by atoms with Gasteiger partial charge in [-0.25, -0.2) is 4.79 Å². The minimum Gasteiger partial charge on any atom is -0.337 e. The fourth-order valence-corrected chi connectivity index (χ4v) is 3.99. The van der Waals surface area contributed by atoms with E-state index in [1.54, 1.807) is 0 Å². The summed E-state index contributed by atoms with van der Waals surface area (Å²) in [4.78, 5) is 21.4. The van der Waals surface area contributed by atoms with E-state index < -0.39 is 0 Å². The third-order valence-corrected chi connectivity index (χ3v) is 5.69. The summed E-state index contributed by atoms with van der Waals surface area (Å²) in [5.74, 6) is 0.851. The van der Waals surface area contributed by atoms with Crippen LogP contribution in [0.15, 0.2) is 24.5 Å². The lowest BCUT2D eigenvalue weighted by atomic mass is 9.99. The lowest BCUT2D eigenvalue weighted by Gasteiger charge is -2.32. The fourth-order valence-electron chi connectivity index (χ4n) is 3.99. The van der Waals surface area contributed by atoms with Gasteiger partial charge in [0, 0.05) is 32.0 Å². The first-order valence-corrected chi connectivity index (χ1v) is 9.91. The topological polar surface area (TPSA) is 48.5 Å². The van der Waals surface area contributed by atoms with E-state index in [-0.39, 0.29) is 12.1 Å². The van der Waals surface area contributed by atoms with Crippen molar-refractivity contribution in [3.63, 3.8) is 0 Å². The van der Waals surface area contributed by atoms with Crippen molar-refractivity contribution in [3.05, 3.63) is 30.1 Å². The van der Waals surface area contributed by atoms with Crippen molar-refractivity contribution in [2.45, 2.75) is 51.5 Å². The largest absolute Gasteiger partial charge is 0.337 e. The van der Waals surface area contributed by atoms with E-state index in [0.717, 1.165) is 38.4 Å². The second-order valence-electron chi connectivity index (χ2n) is 7.60. The van der Waals surface area contributed by atoms with Gasteiger partial charge < -0.3 is 15.1 Å². The molecular formula is C20H32N4O. The molecule has 1 N–H and O–H groups in total. The zero-order valence-corrected chi connectivity index (χ0v) is 15.5. The molecule has 0 spiro atoms. The average Bonchev–Trinajstić information content (AvgIpc) is 2.90. The van der Waals surface area contributed by atoms with Crippen LogP contribution in [0, 0.1) is 5.92 Å². The van der Waals surface area contributed by atoms with Crippen LogP contribution in [0.4, 0.5) is 4.79 Å². The van der Waals surface area contributed by atoms with E-state index in [4.69, 9.17) is 0 Å². The van der Waals surface area contributed by atoms with Crippen LogP contribution in [-0.4, -0.2) is 53.5 Å². The first-order valence-electron chi connectivity index (χ1n) is 9.91. The highest BCUT2D eigenvalue weighted by Crippen LogP contribution is 2.29. The Kier molecular flexibility index (Phi) is 6.68. The first-order chi connectivity index (χ1) is 12.2. The molecule has 0 bridgehead atoms. The molecule has 5 nitrogen and oxygen atoms in total. The van der Waals surface area contributed by atoms with Crippen molar-refractivity contribution in [2.24, 2.45) is 5.92 Å². The summed E-state index contributed by atoms with van der Waals surface area (Å²) in [6.45, 7) is 7.22. The smallest absolute Gasteiger partial charge is 0.317 e. The van der Waals surface area contributed by atoms with Crippen LogP contribution in [0.1, 0.15) is 57.1 Å². The molecule has 2 amide bonds. The van der Waals surface area contributed by atoms with Gasteiger partial charge in [0.2, 0.25) is 0 Å². The minimum absolute atomic E-state index is 0.0917. The number of hydrogen-bond donors (Lipinski definition) is 1. The molecule has 1 unspecified atom stereocenters. The number of rotatable bonds is 4. The van der Waals surface area contributed by atoms with Crippen molar-refractivity contribution in [1.82, 2.24) is 20.1 Å². The molecule has 2 fully saturated rings. The van der Waals surface area contributed by atoms with Crippen molar-refractivity contribution in [2.75, 3.05) is 32.7 Å². The number of likely N-dealkylation sites (tertiary alicyclic amines) is 2.